The number of hydrogen-bond acceptors (Lipinski definition) is 3. The smallest absolute Gasteiger partial charge is 0.744 e. The summed E-state index contributed by atoms with van der Waals surface area (Å²) in [5.41, 5.74) is 2.75. The van der Waals surface area contributed by atoms with Gasteiger partial charge in [-0.2, -0.15) is 0 Å². The third kappa shape index (κ3) is 4.23. The molecule has 2 rings (SSSR count). The van der Waals surface area contributed by atoms with Gasteiger partial charge in [-0.05, 0) is 45.2 Å². The van der Waals surface area contributed by atoms with Crippen molar-refractivity contribution in [1.82, 2.24) is 0 Å². The van der Waals surface area contributed by atoms with Crippen LogP contribution in [0, 0.1) is 0 Å². The summed E-state index contributed by atoms with van der Waals surface area (Å²) in [5, 5.41) is 1.37. The minimum absolute atomic E-state index is 0. The van der Waals surface area contributed by atoms with Gasteiger partial charge < -0.3 is 4.55 Å². The van der Waals surface area contributed by atoms with Gasteiger partial charge in [-0.3, -0.25) is 0 Å². The predicted octanol–water partition coefficient (Wildman–Crippen LogP) is 2.12. The Morgan fingerprint density at radius 3 is 1.88 bits per heavy atom. The summed E-state index contributed by atoms with van der Waals surface area (Å²) < 4.78 is 36.0. The fourth-order valence-electron chi connectivity index (χ4n) is 3.13. The van der Waals surface area contributed by atoms with Crippen molar-refractivity contribution in [1.29, 1.82) is 0 Å². The number of benzene rings is 2. The first-order chi connectivity index (χ1) is 10.5. The average molecular weight is 356 g/mol. The second-order valence-corrected chi connectivity index (χ2v) is 8.42. The van der Waals surface area contributed by atoms with Crippen LogP contribution < -0.4 is 29.6 Å². The summed E-state index contributed by atoms with van der Waals surface area (Å²) in [5.74, 6) is 0.472. The Balaban J connectivity index is 0.00000288. The molecule has 2 aromatic rings. The van der Waals surface area contributed by atoms with Crippen molar-refractivity contribution in [2.75, 3.05) is 0 Å². The van der Waals surface area contributed by atoms with Crippen molar-refractivity contribution in [3.8, 4) is 0 Å². The maximum atomic E-state index is 12.0. The first-order valence-corrected chi connectivity index (χ1v) is 9.51. The van der Waals surface area contributed by atoms with E-state index in [1.807, 2.05) is 39.8 Å². The fraction of sp³-hybridized carbons (Fsp3) is 0.474. The minimum atomic E-state index is -4.54. The SMILES string of the molecule is CC(C)c1ccc2c(S(=O)(=O)[O-])c(C(C)C)c(C(C)C)cc2c1.[Na+]. The summed E-state index contributed by atoms with van der Waals surface area (Å²) in [6.07, 6.45) is 0. The molecule has 0 amide bonds. The van der Waals surface area contributed by atoms with Gasteiger partial charge in [-0.1, -0.05) is 65.8 Å². The Bertz CT molecular complexity index is 837. The third-order valence-corrected chi connectivity index (χ3v) is 5.24. The van der Waals surface area contributed by atoms with Gasteiger partial charge in [0.15, 0.2) is 0 Å². The van der Waals surface area contributed by atoms with Crippen LogP contribution in [0.3, 0.4) is 0 Å². The van der Waals surface area contributed by atoms with E-state index in [4.69, 9.17) is 0 Å². The van der Waals surface area contributed by atoms with E-state index in [0.717, 1.165) is 16.5 Å². The van der Waals surface area contributed by atoms with Crippen LogP contribution in [-0.4, -0.2) is 13.0 Å². The van der Waals surface area contributed by atoms with Crippen molar-refractivity contribution in [2.24, 2.45) is 0 Å². The number of fused-ring (bicyclic) bond motifs is 1. The van der Waals surface area contributed by atoms with Gasteiger partial charge in [0, 0.05) is 0 Å². The Kier molecular flexibility index (Phi) is 7.11. The van der Waals surface area contributed by atoms with E-state index in [2.05, 4.69) is 19.9 Å². The summed E-state index contributed by atoms with van der Waals surface area (Å²) in [6, 6.07) is 7.76. The molecule has 2 aromatic carbocycles. The van der Waals surface area contributed by atoms with Crippen molar-refractivity contribution >= 4 is 20.9 Å². The number of hydrogen-bond donors (Lipinski definition) is 0. The summed E-state index contributed by atoms with van der Waals surface area (Å²) in [6.45, 7) is 12.1. The quantitative estimate of drug-likeness (QED) is 0.623. The molecule has 5 heteroatoms. The topological polar surface area (TPSA) is 57.2 Å². The summed E-state index contributed by atoms with van der Waals surface area (Å²) in [7, 11) is -4.54. The van der Waals surface area contributed by atoms with Gasteiger partial charge in [-0.25, -0.2) is 8.42 Å². The standard InChI is InChI=1S/C19H26O3S.Na/c1-11(2)14-7-8-16-15(9-14)10-17(12(3)4)18(13(5)6)19(16)23(20,21)22;/h7-13H,1-6H3,(H,20,21,22);/q;+1/p-1. The van der Waals surface area contributed by atoms with Crippen LogP contribution in [0.2, 0.25) is 0 Å². The summed E-state index contributed by atoms with van der Waals surface area (Å²) >= 11 is 0. The Hall–Kier alpha value is -0.390. The van der Waals surface area contributed by atoms with Crippen LogP contribution in [0.5, 0.6) is 0 Å². The van der Waals surface area contributed by atoms with E-state index in [9.17, 15) is 13.0 Å². The molecule has 0 atom stereocenters. The normalized spacial score (nSPS) is 12.2. The van der Waals surface area contributed by atoms with Crippen LogP contribution in [-0.2, 0) is 10.1 Å². The van der Waals surface area contributed by atoms with E-state index >= 15 is 0 Å². The Morgan fingerprint density at radius 1 is 0.875 bits per heavy atom. The van der Waals surface area contributed by atoms with Crippen molar-refractivity contribution in [3.05, 3.63) is 41.0 Å². The molecular formula is C19H25NaO3S. The molecule has 0 saturated heterocycles. The molecule has 3 nitrogen and oxygen atoms in total. The average Bonchev–Trinajstić information content (AvgIpc) is 2.42. The Labute approximate surface area is 167 Å². The minimum Gasteiger partial charge on any atom is -0.744 e. The number of rotatable bonds is 4. The monoisotopic (exact) mass is 356 g/mol. The van der Waals surface area contributed by atoms with Gasteiger partial charge in [0.1, 0.15) is 10.1 Å². The van der Waals surface area contributed by atoms with Crippen LogP contribution in [0.15, 0.2) is 29.2 Å². The molecule has 0 bridgehead atoms. The first-order valence-electron chi connectivity index (χ1n) is 8.10. The molecular weight excluding hydrogens is 331 g/mol. The van der Waals surface area contributed by atoms with Crippen LogP contribution in [0.4, 0.5) is 0 Å². The molecule has 0 fully saturated rings. The maximum absolute atomic E-state index is 12.0. The first kappa shape index (κ1) is 21.7. The van der Waals surface area contributed by atoms with Gasteiger partial charge in [0.25, 0.3) is 0 Å². The van der Waals surface area contributed by atoms with Crippen LogP contribution in [0.1, 0.15) is 76.0 Å². The van der Waals surface area contributed by atoms with Crippen molar-refractivity contribution < 1.29 is 42.5 Å². The zero-order valence-electron chi connectivity index (χ0n) is 15.7. The van der Waals surface area contributed by atoms with E-state index in [-0.39, 0.29) is 46.3 Å². The third-order valence-electron chi connectivity index (χ3n) is 4.30. The predicted molar refractivity (Wildman–Crippen MR) is 94.2 cm³/mol. The molecule has 0 aliphatic carbocycles. The molecule has 126 valence electrons. The second kappa shape index (κ2) is 7.88. The molecule has 0 N–H and O–H groups in total. The van der Waals surface area contributed by atoms with Gasteiger partial charge in [-0.15, -0.1) is 0 Å². The zero-order valence-corrected chi connectivity index (χ0v) is 18.5. The van der Waals surface area contributed by atoms with E-state index in [0.29, 0.717) is 16.9 Å². The van der Waals surface area contributed by atoms with E-state index < -0.39 is 10.1 Å². The molecule has 0 unspecified atom stereocenters. The second-order valence-electron chi connectivity index (χ2n) is 7.11. The molecule has 0 spiro atoms. The van der Waals surface area contributed by atoms with Gasteiger partial charge >= 0.3 is 29.6 Å². The molecule has 24 heavy (non-hydrogen) atoms. The van der Waals surface area contributed by atoms with Crippen molar-refractivity contribution in [3.63, 3.8) is 0 Å². The molecule has 0 aromatic heterocycles. The van der Waals surface area contributed by atoms with E-state index in [1.54, 1.807) is 6.07 Å². The molecule has 0 radical (unpaired) electrons. The largest absolute Gasteiger partial charge is 1.00 e. The maximum Gasteiger partial charge on any atom is 1.00 e. The molecule has 0 aliphatic heterocycles. The fourth-order valence-corrected chi connectivity index (χ4v) is 4.21. The van der Waals surface area contributed by atoms with Gasteiger partial charge in [0.2, 0.25) is 0 Å². The van der Waals surface area contributed by atoms with Gasteiger partial charge in [0.05, 0.1) is 4.90 Å². The molecule has 0 aliphatic rings. The summed E-state index contributed by atoms with van der Waals surface area (Å²) in [4.78, 5) is -0.0380. The van der Waals surface area contributed by atoms with Crippen molar-refractivity contribution in [2.45, 2.75) is 64.2 Å². The van der Waals surface area contributed by atoms with Crippen LogP contribution >= 0.6 is 0 Å². The molecule has 0 heterocycles. The Morgan fingerprint density at radius 2 is 1.46 bits per heavy atom. The zero-order chi connectivity index (χ0) is 17.5. The van der Waals surface area contributed by atoms with Crippen LogP contribution in [0.25, 0.3) is 10.8 Å². The molecule has 0 saturated carbocycles. The van der Waals surface area contributed by atoms with E-state index in [1.165, 1.54) is 0 Å².